The molecule has 0 saturated heterocycles. The second kappa shape index (κ2) is 6.65. The maximum absolute atomic E-state index is 2.44. The molecule has 2 heteroatoms. The summed E-state index contributed by atoms with van der Waals surface area (Å²) in [5.74, 6) is 0. The third-order valence-electron chi connectivity index (χ3n) is 3.13. The van der Waals surface area contributed by atoms with Crippen LogP contribution >= 0.6 is 15.2 Å². The van der Waals surface area contributed by atoms with Crippen molar-refractivity contribution < 1.29 is 0 Å². The first kappa shape index (κ1) is 14.7. The van der Waals surface area contributed by atoms with Gasteiger partial charge in [-0.25, -0.2) is 0 Å². The molecule has 0 unspecified atom stereocenters. The zero-order chi connectivity index (χ0) is 13.7. The van der Waals surface area contributed by atoms with Gasteiger partial charge in [0.15, 0.2) is 0 Å². The molecule has 0 aromatic heterocycles. The van der Waals surface area contributed by atoms with Crippen LogP contribution in [0.3, 0.4) is 0 Å². The van der Waals surface area contributed by atoms with Gasteiger partial charge >= 0.3 is 0 Å². The molecule has 19 heavy (non-hydrogen) atoms. The minimum Gasteiger partial charge on any atom is -0.0622 e. The van der Waals surface area contributed by atoms with Crippen LogP contribution in [-0.4, -0.2) is 32.3 Å². The molecule has 0 bridgehead atoms. The van der Waals surface area contributed by atoms with E-state index in [1.54, 1.807) is 0 Å². The molecule has 0 N–H and O–H groups in total. The maximum Gasteiger partial charge on any atom is 0.0631 e. The van der Waals surface area contributed by atoms with Crippen molar-refractivity contribution >= 4 is 25.8 Å². The van der Waals surface area contributed by atoms with Gasteiger partial charge in [-0.1, -0.05) is 60.7 Å². The van der Waals surface area contributed by atoms with Gasteiger partial charge in [0.2, 0.25) is 0 Å². The second-order valence-electron chi connectivity index (χ2n) is 5.84. The minimum absolute atomic E-state index is 0.187. The molecule has 0 aliphatic carbocycles. The first-order valence-corrected chi connectivity index (χ1v) is 11.6. The molecule has 2 rings (SSSR count). The van der Waals surface area contributed by atoms with Crippen molar-refractivity contribution in [2.75, 3.05) is 32.3 Å². The third kappa shape index (κ3) is 4.72. The van der Waals surface area contributed by atoms with E-state index < -0.39 is 7.26 Å². The number of hydrogen-bond acceptors (Lipinski definition) is 0. The van der Waals surface area contributed by atoms with Gasteiger partial charge in [-0.15, -0.1) is 0 Å². The third-order valence-corrected chi connectivity index (χ3v) is 7.56. The lowest BCUT2D eigenvalue weighted by molar-refractivity contribution is 1.47. The maximum atomic E-state index is 2.44. The molecule has 0 heterocycles. The molecule has 0 aliphatic heterocycles. The van der Waals surface area contributed by atoms with Gasteiger partial charge in [-0.2, -0.15) is 0 Å². The van der Waals surface area contributed by atoms with Crippen LogP contribution in [0.25, 0.3) is 0 Å². The molecule has 0 aliphatic rings. The van der Waals surface area contributed by atoms with Gasteiger partial charge in [0, 0.05) is 33.4 Å². The average molecular weight is 289 g/mol. The SMILES string of the molecule is C[P+](C)(C)CCP(c1ccccc1)c1ccccc1. The summed E-state index contributed by atoms with van der Waals surface area (Å²) in [5.41, 5.74) is 0. The van der Waals surface area contributed by atoms with E-state index in [1.165, 1.54) is 22.9 Å². The molecule has 100 valence electrons. The zero-order valence-electron chi connectivity index (χ0n) is 12.1. The van der Waals surface area contributed by atoms with Crippen LogP contribution < -0.4 is 10.6 Å². The van der Waals surface area contributed by atoms with Crippen LogP contribution in [0.2, 0.25) is 0 Å². The van der Waals surface area contributed by atoms with E-state index >= 15 is 0 Å². The van der Waals surface area contributed by atoms with Crippen molar-refractivity contribution in [3.8, 4) is 0 Å². The van der Waals surface area contributed by atoms with Crippen molar-refractivity contribution in [3.05, 3.63) is 60.7 Å². The monoisotopic (exact) mass is 289 g/mol. The fourth-order valence-corrected chi connectivity index (χ4v) is 7.10. The lowest BCUT2D eigenvalue weighted by Gasteiger charge is -2.21. The summed E-state index contributed by atoms with van der Waals surface area (Å²) in [5, 5.41) is 3.02. The van der Waals surface area contributed by atoms with Crippen LogP contribution in [0, 0.1) is 0 Å². The van der Waals surface area contributed by atoms with Gasteiger partial charge in [0.1, 0.15) is 0 Å². The Hall–Kier alpha value is -0.700. The Balaban J connectivity index is 2.24. The minimum atomic E-state index is -0.694. The van der Waals surface area contributed by atoms with Crippen molar-refractivity contribution in [2.45, 2.75) is 0 Å². The van der Waals surface area contributed by atoms with Gasteiger partial charge in [0.05, 0.1) is 6.16 Å². The predicted octanol–water partition coefficient (Wildman–Crippen LogP) is 4.03. The Bertz CT molecular complexity index is 446. The molecule has 0 saturated carbocycles. The summed E-state index contributed by atoms with van der Waals surface area (Å²) in [6, 6.07) is 22.1. The van der Waals surface area contributed by atoms with E-state index in [1.807, 2.05) is 0 Å². The van der Waals surface area contributed by atoms with Crippen LogP contribution in [0.15, 0.2) is 60.7 Å². The van der Waals surface area contributed by atoms with E-state index in [9.17, 15) is 0 Å². The molecule has 0 fully saturated rings. The number of hydrogen-bond donors (Lipinski definition) is 0. The Morgan fingerprint density at radius 2 is 1.16 bits per heavy atom. The molecule has 0 atom stereocenters. The Kier molecular flexibility index (Phi) is 5.14. The number of benzene rings is 2. The molecular formula is C17H23P2+. The Labute approximate surface area is 119 Å². The largest absolute Gasteiger partial charge is 0.0631 e. The highest BCUT2D eigenvalue weighted by Crippen LogP contribution is 2.49. The normalized spacial score (nSPS) is 11.8. The van der Waals surface area contributed by atoms with Crippen LogP contribution in [0.5, 0.6) is 0 Å². The van der Waals surface area contributed by atoms with Crippen molar-refractivity contribution in [2.24, 2.45) is 0 Å². The van der Waals surface area contributed by atoms with Crippen LogP contribution in [0.4, 0.5) is 0 Å². The smallest absolute Gasteiger partial charge is 0.0622 e. The average Bonchev–Trinajstić information content (AvgIpc) is 2.40. The van der Waals surface area contributed by atoms with Crippen molar-refractivity contribution in [1.82, 2.24) is 0 Å². The van der Waals surface area contributed by atoms with Gasteiger partial charge in [-0.3, -0.25) is 0 Å². The molecule has 2 aromatic carbocycles. The molecule has 0 nitrogen and oxygen atoms in total. The topological polar surface area (TPSA) is 0 Å². The Morgan fingerprint density at radius 1 is 0.737 bits per heavy atom. The highest BCUT2D eigenvalue weighted by atomic mass is 31.2. The van der Waals surface area contributed by atoms with Crippen LogP contribution in [-0.2, 0) is 0 Å². The van der Waals surface area contributed by atoms with Crippen LogP contribution in [0.1, 0.15) is 0 Å². The van der Waals surface area contributed by atoms with E-state index in [0.717, 1.165) is 0 Å². The first-order chi connectivity index (χ1) is 9.06. The molecule has 0 spiro atoms. The van der Waals surface area contributed by atoms with Gasteiger partial charge < -0.3 is 0 Å². The van der Waals surface area contributed by atoms with E-state index in [0.29, 0.717) is 0 Å². The fraction of sp³-hybridized carbons (Fsp3) is 0.294. The summed E-state index contributed by atoms with van der Waals surface area (Å²) >= 11 is 0. The lowest BCUT2D eigenvalue weighted by Crippen LogP contribution is -2.16. The molecular weight excluding hydrogens is 266 g/mol. The summed E-state index contributed by atoms with van der Waals surface area (Å²) in [4.78, 5) is 0. The lowest BCUT2D eigenvalue weighted by atomic mass is 10.4. The van der Waals surface area contributed by atoms with E-state index in [2.05, 4.69) is 80.7 Å². The van der Waals surface area contributed by atoms with Gasteiger partial charge in [-0.05, 0) is 18.5 Å². The second-order valence-corrected chi connectivity index (χ2v) is 13.2. The van der Waals surface area contributed by atoms with E-state index in [4.69, 9.17) is 0 Å². The molecule has 0 radical (unpaired) electrons. The summed E-state index contributed by atoms with van der Waals surface area (Å²) in [6.45, 7) is 7.32. The number of rotatable bonds is 5. The summed E-state index contributed by atoms with van der Waals surface area (Å²) in [6.07, 6.45) is 2.70. The van der Waals surface area contributed by atoms with Crippen molar-refractivity contribution in [3.63, 3.8) is 0 Å². The summed E-state index contributed by atoms with van der Waals surface area (Å²) in [7, 11) is -0.882. The quantitative estimate of drug-likeness (QED) is 0.729. The fourth-order valence-electron chi connectivity index (χ4n) is 2.02. The highest BCUT2D eigenvalue weighted by molar-refractivity contribution is 7.77. The van der Waals surface area contributed by atoms with Crippen molar-refractivity contribution in [1.29, 1.82) is 0 Å². The van der Waals surface area contributed by atoms with Gasteiger partial charge in [0.25, 0.3) is 0 Å². The zero-order valence-corrected chi connectivity index (χ0v) is 13.9. The standard InChI is InChI=1S/C17H23P2/c1-19(2,3)15-14-18(16-10-6-4-7-11-16)17-12-8-5-9-13-17/h4-13H,14-15H2,1-3H3/q+1. The first-order valence-electron chi connectivity index (χ1n) is 6.74. The highest BCUT2D eigenvalue weighted by Gasteiger charge is 2.21. The predicted molar refractivity (Wildman–Crippen MR) is 93.5 cm³/mol. The molecule has 0 amide bonds. The summed E-state index contributed by atoms with van der Waals surface area (Å²) < 4.78 is 0. The van der Waals surface area contributed by atoms with E-state index in [-0.39, 0.29) is 7.92 Å². The molecule has 2 aromatic rings. The Morgan fingerprint density at radius 3 is 1.53 bits per heavy atom.